The average Bonchev–Trinajstić information content (AvgIpc) is 3.55. The van der Waals surface area contributed by atoms with Gasteiger partial charge in [0.05, 0.1) is 17.5 Å². The Balaban J connectivity index is 1.58. The Kier molecular flexibility index (Phi) is 5.22. The van der Waals surface area contributed by atoms with Gasteiger partial charge in [0.2, 0.25) is 5.91 Å². The first-order valence-electron chi connectivity index (χ1n) is 10.3. The Bertz CT molecular complexity index is 1100. The van der Waals surface area contributed by atoms with E-state index in [0.717, 1.165) is 23.8 Å². The summed E-state index contributed by atoms with van der Waals surface area (Å²) in [4.78, 5) is 27.5. The van der Waals surface area contributed by atoms with Crippen LogP contribution in [0.3, 0.4) is 0 Å². The molecule has 1 aliphatic carbocycles. The first kappa shape index (κ1) is 19.4. The van der Waals surface area contributed by atoms with E-state index >= 15 is 0 Å². The van der Waals surface area contributed by atoms with Crippen LogP contribution >= 0.6 is 0 Å². The van der Waals surface area contributed by atoms with Gasteiger partial charge in [0.1, 0.15) is 0 Å². The summed E-state index contributed by atoms with van der Waals surface area (Å²) in [5, 5.41) is 5.77. The molecule has 1 fully saturated rings. The number of aromatic nitrogens is 2. The number of carbonyl (C=O) groups is 1. The van der Waals surface area contributed by atoms with E-state index < -0.39 is 0 Å². The molecule has 5 nitrogen and oxygen atoms in total. The molecule has 0 spiro atoms. The minimum atomic E-state index is -0.138. The number of benzene rings is 2. The molecule has 0 aliphatic heterocycles. The molecule has 1 amide bonds. The van der Waals surface area contributed by atoms with Gasteiger partial charge in [0.15, 0.2) is 0 Å². The lowest BCUT2D eigenvalue weighted by molar-refractivity contribution is -0.131. The van der Waals surface area contributed by atoms with Gasteiger partial charge in [-0.05, 0) is 36.0 Å². The van der Waals surface area contributed by atoms with Crippen LogP contribution in [0.5, 0.6) is 0 Å². The van der Waals surface area contributed by atoms with E-state index in [9.17, 15) is 9.59 Å². The summed E-state index contributed by atoms with van der Waals surface area (Å²) in [5.41, 5.74) is 2.97. The third-order valence-electron chi connectivity index (χ3n) is 5.66. The number of nitrogens with zero attached hydrogens (tertiary/aromatic N) is 3. The normalized spacial score (nSPS) is 13.8. The van der Waals surface area contributed by atoms with Gasteiger partial charge < -0.3 is 4.90 Å². The van der Waals surface area contributed by atoms with E-state index in [0.29, 0.717) is 29.6 Å². The highest BCUT2D eigenvalue weighted by Crippen LogP contribution is 2.29. The van der Waals surface area contributed by atoms with Crippen LogP contribution in [0, 0.1) is 0 Å². The minimum absolute atomic E-state index is 0.0664. The van der Waals surface area contributed by atoms with Gasteiger partial charge in [0.25, 0.3) is 5.56 Å². The van der Waals surface area contributed by atoms with Crippen LogP contribution in [0.2, 0.25) is 0 Å². The zero-order valence-electron chi connectivity index (χ0n) is 17.3. The topological polar surface area (TPSA) is 55.2 Å². The molecule has 0 unspecified atom stereocenters. The summed E-state index contributed by atoms with van der Waals surface area (Å²) in [5.74, 6) is 0.561. The monoisotopic (exact) mass is 389 g/mol. The molecule has 5 heteroatoms. The van der Waals surface area contributed by atoms with Gasteiger partial charge in [-0.1, -0.05) is 56.3 Å². The molecule has 29 heavy (non-hydrogen) atoms. The average molecular weight is 389 g/mol. The molecule has 1 aromatic heterocycles. The Morgan fingerprint density at radius 1 is 1.10 bits per heavy atom. The maximum absolute atomic E-state index is 13.2. The van der Waals surface area contributed by atoms with Crippen molar-refractivity contribution in [3.63, 3.8) is 0 Å². The maximum atomic E-state index is 13.2. The van der Waals surface area contributed by atoms with Crippen molar-refractivity contribution < 1.29 is 4.79 Å². The van der Waals surface area contributed by atoms with E-state index in [-0.39, 0.29) is 17.9 Å². The molecule has 1 aliphatic rings. The van der Waals surface area contributed by atoms with Crippen LogP contribution in [-0.4, -0.2) is 26.6 Å². The lowest BCUT2D eigenvalue weighted by Crippen LogP contribution is -2.34. The van der Waals surface area contributed by atoms with Gasteiger partial charge in [-0.2, -0.15) is 5.10 Å². The van der Waals surface area contributed by atoms with E-state index in [1.807, 2.05) is 23.1 Å². The van der Waals surface area contributed by atoms with Crippen LogP contribution in [0.25, 0.3) is 10.8 Å². The summed E-state index contributed by atoms with van der Waals surface area (Å²) in [7, 11) is 1.64. The third kappa shape index (κ3) is 4.09. The fourth-order valence-corrected chi connectivity index (χ4v) is 3.76. The van der Waals surface area contributed by atoms with Gasteiger partial charge >= 0.3 is 0 Å². The van der Waals surface area contributed by atoms with Gasteiger partial charge in [-0.3, -0.25) is 9.59 Å². The van der Waals surface area contributed by atoms with E-state index in [1.165, 1.54) is 10.2 Å². The number of hydrogen-bond acceptors (Lipinski definition) is 3. The summed E-state index contributed by atoms with van der Waals surface area (Å²) >= 11 is 0. The highest BCUT2D eigenvalue weighted by atomic mass is 16.2. The van der Waals surface area contributed by atoms with Crippen LogP contribution in [-0.2, 0) is 24.8 Å². The third-order valence-corrected chi connectivity index (χ3v) is 5.66. The number of rotatable bonds is 6. The van der Waals surface area contributed by atoms with Crippen LogP contribution < -0.4 is 5.56 Å². The summed E-state index contributed by atoms with van der Waals surface area (Å²) < 4.78 is 1.33. The lowest BCUT2D eigenvalue weighted by Gasteiger charge is -2.23. The smallest absolute Gasteiger partial charge is 0.274 e. The second-order valence-electron chi connectivity index (χ2n) is 8.25. The summed E-state index contributed by atoms with van der Waals surface area (Å²) in [6.45, 7) is 4.98. The van der Waals surface area contributed by atoms with Crippen molar-refractivity contribution in [1.29, 1.82) is 0 Å². The second-order valence-corrected chi connectivity index (χ2v) is 8.25. The van der Waals surface area contributed by atoms with Crippen molar-refractivity contribution in [1.82, 2.24) is 14.7 Å². The highest BCUT2D eigenvalue weighted by Gasteiger charge is 2.33. The minimum Gasteiger partial charge on any atom is -0.335 e. The number of fused-ring (bicyclic) bond motifs is 1. The van der Waals surface area contributed by atoms with Crippen molar-refractivity contribution in [2.45, 2.75) is 51.6 Å². The first-order valence-corrected chi connectivity index (χ1v) is 10.3. The molecule has 2 aromatic carbocycles. The van der Waals surface area contributed by atoms with Gasteiger partial charge in [0, 0.05) is 25.0 Å². The Morgan fingerprint density at radius 2 is 1.76 bits per heavy atom. The first-order chi connectivity index (χ1) is 13.9. The molecule has 4 rings (SSSR count). The second kappa shape index (κ2) is 7.82. The Morgan fingerprint density at radius 3 is 2.38 bits per heavy atom. The predicted molar refractivity (Wildman–Crippen MR) is 115 cm³/mol. The molecule has 1 heterocycles. The molecule has 150 valence electrons. The fraction of sp³-hybridized carbons (Fsp3) is 0.375. The van der Waals surface area contributed by atoms with Crippen molar-refractivity contribution in [3.8, 4) is 0 Å². The van der Waals surface area contributed by atoms with Crippen LogP contribution in [0.1, 0.15) is 49.4 Å². The predicted octanol–water partition coefficient (Wildman–Crippen LogP) is 3.79. The standard InChI is InChI=1S/C24H27N3O2/c1-16(2)18-10-8-17(9-11-18)15-27(19-12-13-19)23(28)14-22-20-6-4-5-7-21(20)24(29)26(3)25-22/h4-11,16,19H,12-15H2,1-3H3. The highest BCUT2D eigenvalue weighted by molar-refractivity contribution is 5.88. The summed E-state index contributed by atoms with van der Waals surface area (Å²) in [6, 6.07) is 16.2. The van der Waals surface area contributed by atoms with Crippen molar-refractivity contribution >= 4 is 16.7 Å². The van der Waals surface area contributed by atoms with E-state index in [1.54, 1.807) is 13.1 Å². The number of hydrogen-bond donors (Lipinski definition) is 0. The lowest BCUT2D eigenvalue weighted by atomic mass is 10.0. The van der Waals surface area contributed by atoms with E-state index in [4.69, 9.17) is 0 Å². The molecule has 0 radical (unpaired) electrons. The fourth-order valence-electron chi connectivity index (χ4n) is 3.76. The molecule has 0 atom stereocenters. The zero-order valence-corrected chi connectivity index (χ0v) is 17.3. The molecular formula is C24H27N3O2. The molecule has 3 aromatic rings. The maximum Gasteiger partial charge on any atom is 0.274 e. The Labute approximate surface area is 171 Å². The molecule has 0 N–H and O–H groups in total. The van der Waals surface area contributed by atoms with Gasteiger partial charge in [-0.15, -0.1) is 0 Å². The molecule has 0 saturated heterocycles. The van der Waals surface area contributed by atoms with Crippen molar-refractivity contribution in [2.75, 3.05) is 0 Å². The molecule has 1 saturated carbocycles. The largest absolute Gasteiger partial charge is 0.335 e. The number of carbonyl (C=O) groups excluding carboxylic acids is 1. The van der Waals surface area contributed by atoms with Crippen molar-refractivity contribution in [3.05, 3.63) is 75.7 Å². The zero-order chi connectivity index (χ0) is 20.5. The number of amides is 1. The van der Waals surface area contributed by atoms with E-state index in [2.05, 4.69) is 43.2 Å². The van der Waals surface area contributed by atoms with Gasteiger partial charge in [-0.25, -0.2) is 4.68 Å². The number of aryl methyl sites for hydroxylation is 1. The molecule has 0 bridgehead atoms. The summed E-state index contributed by atoms with van der Waals surface area (Å²) in [6.07, 6.45) is 2.31. The van der Waals surface area contributed by atoms with Crippen LogP contribution in [0.15, 0.2) is 53.3 Å². The quantitative estimate of drug-likeness (QED) is 0.644. The Hall–Kier alpha value is -2.95. The molecular weight excluding hydrogens is 362 g/mol. The SMILES string of the molecule is CC(C)c1ccc(CN(C(=O)Cc2nn(C)c(=O)c3ccccc23)C2CC2)cc1. The van der Waals surface area contributed by atoms with Crippen molar-refractivity contribution in [2.24, 2.45) is 7.05 Å². The van der Waals surface area contributed by atoms with Crippen LogP contribution in [0.4, 0.5) is 0 Å².